The molecular weight excluding hydrogens is 280 g/mol. The number of amides is 1. The first-order valence-corrected chi connectivity index (χ1v) is 7.08. The highest BCUT2D eigenvalue weighted by Gasteiger charge is 2.04. The molecule has 0 saturated heterocycles. The van der Waals surface area contributed by atoms with Gasteiger partial charge in [0.2, 0.25) is 5.91 Å². The van der Waals surface area contributed by atoms with E-state index < -0.39 is 0 Å². The highest BCUT2D eigenvalue weighted by Crippen LogP contribution is 2.09. The highest BCUT2D eigenvalue weighted by molar-refractivity contribution is 5.95. The predicted molar refractivity (Wildman–Crippen MR) is 88.9 cm³/mol. The zero-order valence-electron chi connectivity index (χ0n) is 13.0. The third-order valence-corrected chi connectivity index (χ3v) is 2.70. The fourth-order valence-electron chi connectivity index (χ4n) is 1.66. The van der Waals surface area contributed by atoms with Gasteiger partial charge in [0.05, 0.1) is 13.2 Å². The standard InChI is InChI=1S/C16H22N4O2/c1-4-13-7-6-8-14(11-13)20-15(21)12-19-16(17-3)18-9-10-22-5-2/h1,6-8,11H,5,9-10,12H2,2-3H3,(H,20,21)(H2,17,18,19). The first kappa shape index (κ1) is 17.5. The summed E-state index contributed by atoms with van der Waals surface area (Å²) in [4.78, 5) is 15.9. The normalized spacial score (nSPS) is 10.7. The van der Waals surface area contributed by atoms with Crippen molar-refractivity contribution in [3.05, 3.63) is 29.8 Å². The van der Waals surface area contributed by atoms with Gasteiger partial charge in [-0.1, -0.05) is 12.0 Å². The van der Waals surface area contributed by atoms with Crippen LogP contribution in [0.4, 0.5) is 5.69 Å². The molecule has 1 amide bonds. The Morgan fingerprint density at radius 3 is 2.91 bits per heavy atom. The van der Waals surface area contributed by atoms with Gasteiger partial charge in [0.25, 0.3) is 0 Å². The quantitative estimate of drug-likeness (QED) is 0.301. The van der Waals surface area contributed by atoms with Crippen LogP contribution >= 0.6 is 0 Å². The van der Waals surface area contributed by atoms with Gasteiger partial charge in [-0.05, 0) is 25.1 Å². The van der Waals surface area contributed by atoms with Gasteiger partial charge in [-0.3, -0.25) is 9.79 Å². The summed E-state index contributed by atoms with van der Waals surface area (Å²) in [5.41, 5.74) is 1.39. The van der Waals surface area contributed by atoms with Gasteiger partial charge in [-0.15, -0.1) is 6.42 Å². The average molecular weight is 302 g/mol. The summed E-state index contributed by atoms with van der Waals surface area (Å²) in [5.74, 6) is 2.90. The molecule has 0 bridgehead atoms. The topological polar surface area (TPSA) is 74.8 Å². The lowest BCUT2D eigenvalue weighted by molar-refractivity contribution is -0.115. The average Bonchev–Trinajstić information content (AvgIpc) is 2.54. The number of hydrogen-bond acceptors (Lipinski definition) is 3. The Bertz CT molecular complexity index is 549. The summed E-state index contributed by atoms with van der Waals surface area (Å²) < 4.78 is 5.21. The van der Waals surface area contributed by atoms with Crippen LogP contribution in [0.15, 0.2) is 29.3 Å². The number of benzene rings is 1. The molecule has 0 radical (unpaired) electrons. The number of aliphatic imine (C=N–C) groups is 1. The Kier molecular flexibility index (Phi) is 8.16. The van der Waals surface area contributed by atoms with Gasteiger partial charge in [-0.2, -0.15) is 0 Å². The Morgan fingerprint density at radius 2 is 2.23 bits per heavy atom. The molecule has 6 nitrogen and oxygen atoms in total. The van der Waals surface area contributed by atoms with Crippen molar-refractivity contribution in [3.8, 4) is 12.3 Å². The Balaban J connectivity index is 2.36. The molecule has 0 aliphatic rings. The SMILES string of the molecule is C#Cc1cccc(NC(=O)CNC(=NC)NCCOCC)c1. The van der Waals surface area contributed by atoms with E-state index in [0.29, 0.717) is 31.4 Å². The number of carbonyl (C=O) groups excluding carboxylic acids is 1. The van der Waals surface area contributed by atoms with Crippen LogP contribution in [0.2, 0.25) is 0 Å². The van der Waals surface area contributed by atoms with E-state index in [1.54, 1.807) is 31.3 Å². The summed E-state index contributed by atoms with van der Waals surface area (Å²) in [6.07, 6.45) is 5.32. The van der Waals surface area contributed by atoms with Gasteiger partial charge in [0.1, 0.15) is 0 Å². The molecule has 1 aromatic carbocycles. The van der Waals surface area contributed by atoms with Crippen molar-refractivity contribution in [1.29, 1.82) is 0 Å². The van der Waals surface area contributed by atoms with Gasteiger partial charge >= 0.3 is 0 Å². The number of anilines is 1. The van der Waals surface area contributed by atoms with Crippen LogP contribution < -0.4 is 16.0 Å². The van der Waals surface area contributed by atoms with Gasteiger partial charge in [0.15, 0.2) is 5.96 Å². The van der Waals surface area contributed by atoms with Crippen molar-refractivity contribution in [1.82, 2.24) is 10.6 Å². The van der Waals surface area contributed by atoms with E-state index in [-0.39, 0.29) is 12.5 Å². The number of nitrogens with zero attached hydrogens (tertiary/aromatic N) is 1. The molecule has 1 aromatic rings. The van der Waals surface area contributed by atoms with Crippen molar-refractivity contribution in [2.45, 2.75) is 6.92 Å². The Labute approximate surface area is 131 Å². The molecular formula is C16H22N4O2. The summed E-state index contributed by atoms with van der Waals surface area (Å²) >= 11 is 0. The van der Waals surface area contributed by atoms with E-state index in [2.05, 4.69) is 26.9 Å². The van der Waals surface area contributed by atoms with Crippen LogP contribution in [0, 0.1) is 12.3 Å². The third kappa shape index (κ3) is 6.77. The van der Waals surface area contributed by atoms with Gasteiger partial charge < -0.3 is 20.7 Å². The summed E-state index contributed by atoms with van der Waals surface area (Å²) in [6.45, 7) is 3.93. The fraction of sp³-hybridized carbons (Fsp3) is 0.375. The third-order valence-electron chi connectivity index (χ3n) is 2.70. The van der Waals surface area contributed by atoms with E-state index in [4.69, 9.17) is 11.2 Å². The van der Waals surface area contributed by atoms with Gasteiger partial charge in [0, 0.05) is 31.5 Å². The summed E-state index contributed by atoms with van der Waals surface area (Å²) in [6, 6.07) is 7.13. The molecule has 0 heterocycles. The van der Waals surface area contributed by atoms with Crippen LogP contribution in [-0.2, 0) is 9.53 Å². The maximum Gasteiger partial charge on any atom is 0.243 e. The molecule has 6 heteroatoms. The van der Waals surface area contributed by atoms with E-state index in [1.807, 2.05) is 6.92 Å². The van der Waals surface area contributed by atoms with Crippen molar-refractivity contribution in [3.63, 3.8) is 0 Å². The molecule has 1 rings (SSSR count). The Hall–Kier alpha value is -2.52. The molecule has 118 valence electrons. The molecule has 22 heavy (non-hydrogen) atoms. The number of guanidine groups is 1. The second kappa shape index (κ2) is 10.2. The number of nitrogens with one attached hydrogen (secondary N) is 3. The molecule has 3 N–H and O–H groups in total. The van der Waals surface area contributed by atoms with Crippen molar-refractivity contribution >= 4 is 17.6 Å². The number of hydrogen-bond donors (Lipinski definition) is 3. The minimum Gasteiger partial charge on any atom is -0.380 e. The first-order valence-electron chi connectivity index (χ1n) is 7.08. The molecule has 0 aliphatic heterocycles. The lowest BCUT2D eigenvalue weighted by atomic mass is 10.2. The van der Waals surface area contributed by atoms with Crippen LogP contribution in [-0.4, -0.2) is 45.2 Å². The Morgan fingerprint density at radius 1 is 1.41 bits per heavy atom. The lowest BCUT2D eigenvalue weighted by Crippen LogP contribution is -2.42. The lowest BCUT2D eigenvalue weighted by Gasteiger charge is -2.12. The molecule has 0 spiro atoms. The summed E-state index contributed by atoms with van der Waals surface area (Å²) in [5, 5.41) is 8.74. The smallest absolute Gasteiger partial charge is 0.243 e. The van der Waals surface area contributed by atoms with E-state index >= 15 is 0 Å². The number of carbonyl (C=O) groups is 1. The van der Waals surface area contributed by atoms with Crippen LogP contribution in [0.5, 0.6) is 0 Å². The number of terminal acetylenes is 1. The first-order chi connectivity index (χ1) is 10.7. The molecule has 0 fully saturated rings. The van der Waals surface area contributed by atoms with Crippen molar-refractivity contribution < 1.29 is 9.53 Å². The van der Waals surface area contributed by atoms with Crippen LogP contribution in [0.3, 0.4) is 0 Å². The molecule has 0 atom stereocenters. The summed E-state index contributed by atoms with van der Waals surface area (Å²) in [7, 11) is 1.64. The maximum absolute atomic E-state index is 11.9. The highest BCUT2D eigenvalue weighted by atomic mass is 16.5. The molecule has 0 aliphatic carbocycles. The van der Waals surface area contributed by atoms with Gasteiger partial charge in [-0.25, -0.2) is 0 Å². The second-order valence-electron chi connectivity index (χ2n) is 4.32. The van der Waals surface area contributed by atoms with Crippen molar-refractivity contribution in [2.75, 3.05) is 38.7 Å². The predicted octanol–water partition coefficient (Wildman–Crippen LogP) is 0.808. The fourth-order valence-corrected chi connectivity index (χ4v) is 1.66. The zero-order chi connectivity index (χ0) is 16.2. The van der Waals surface area contributed by atoms with Crippen molar-refractivity contribution in [2.24, 2.45) is 4.99 Å². The largest absolute Gasteiger partial charge is 0.380 e. The van der Waals surface area contributed by atoms with E-state index in [1.165, 1.54) is 0 Å². The minimum absolute atomic E-state index is 0.106. The minimum atomic E-state index is -0.179. The molecule has 0 unspecified atom stereocenters. The number of rotatable bonds is 7. The monoisotopic (exact) mass is 302 g/mol. The van der Waals surface area contributed by atoms with E-state index in [0.717, 1.165) is 5.56 Å². The van der Waals surface area contributed by atoms with E-state index in [9.17, 15) is 4.79 Å². The zero-order valence-corrected chi connectivity index (χ0v) is 13.0. The molecule has 0 aromatic heterocycles. The van der Waals surface area contributed by atoms with Crippen LogP contribution in [0.25, 0.3) is 0 Å². The second-order valence-corrected chi connectivity index (χ2v) is 4.32. The maximum atomic E-state index is 11.9. The van der Waals surface area contributed by atoms with Crippen LogP contribution in [0.1, 0.15) is 12.5 Å². The molecule has 0 saturated carbocycles. The number of ether oxygens (including phenoxy) is 1.